The van der Waals surface area contributed by atoms with Crippen molar-refractivity contribution in [2.45, 2.75) is 19.3 Å². The average Bonchev–Trinajstić information content (AvgIpc) is 3.61. The van der Waals surface area contributed by atoms with Crippen LogP contribution in [0.15, 0.2) is 144 Å². The zero-order valence-corrected chi connectivity index (χ0v) is 25.5. The minimum atomic E-state index is -0.0961. The van der Waals surface area contributed by atoms with Crippen molar-refractivity contribution in [3.63, 3.8) is 0 Å². The van der Waals surface area contributed by atoms with Crippen LogP contribution in [0.4, 0.5) is 0 Å². The Morgan fingerprint density at radius 3 is 1.80 bits per heavy atom. The molecular weight excluding hydrogens is 562 g/mol. The predicted molar refractivity (Wildman–Crippen MR) is 186 cm³/mol. The summed E-state index contributed by atoms with van der Waals surface area (Å²) in [5, 5.41) is 2.20. The first-order valence-electron chi connectivity index (χ1n) is 15.6. The molecule has 9 rings (SSSR count). The highest BCUT2D eigenvalue weighted by atomic mass is 16.3. The largest absolute Gasteiger partial charge is 0.455 e. The van der Waals surface area contributed by atoms with Crippen molar-refractivity contribution in [3.8, 4) is 56.4 Å². The fourth-order valence-electron chi connectivity index (χ4n) is 7.14. The molecule has 4 nitrogen and oxygen atoms in total. The SMILES string of the molecule is CC1(C)c2ccccc2-c2c1ccc1oc3c(-c4nc(-c5ccccc5)nc(-c5ccccc5-c5ccccc5)n4)cccc3c21. The van der Waals surface area contributed by atoms with E-state index < -0.39 is 0 Å². The Bertz CT molecular complexity index is 2440. The first kappa shape index (κ1) is 26.5. The molecule has 0 unspecified atom stereocenters. The Morgan fingerprint density at radius 1 is 0.457 bits per heavy atom. The zero-order chi connectivity index (χ0) is 30.8. The highest BCUT2D eigenvalue weighted by Gasteiger charge is 2.37. The molecule has 0 radical (unpaired) electrons. The van der Waals surface area contributed by atoms with Crippen molar-refractivity contribution in [3.05, 3.63) is 151 Å². The molecule has 0 atom stereocenters. The number of nitrogens with zero attached hydrogens (tertiary/aromatic N) is 3. The maximum atomic E-state index is 6.73. The van der Waals surface area contributed by atoms with Gasteiger partial charge >= 0.3 is 0 Å². The summed E-state index contributed by atoms with van der Waals surface area (Å²) in [7, 11) is 0. The summed E-state index contributed by atoms with van der Waals surface area (Å²) < 4.78 is 6.73. The van der Waals surface area contributed by atoms with Gasteiger partial charge in [-0.3, -0.25) is 0 Å². The summed E-state index contributed by atoms with van der Waals surface area (Å²) in [6, 6.07) is 48.2. The molecule has 0 saturated heterocycles. The van der Waals surface area contributed by atoms with Crippen LogP contribution in [0.2, 0.25) is 0 Å². The highest BCUT2D eigenvalue weighted by molar-refractivity contribution is 6.17. The molecule has 1 aliphatic carbocycles. The van der Waals surface area contributed by atoms with Crippen LogP contribution >= 0.6 is 0 Å². The Hall–Kier alpha value is -5.87. The van der Waals surface area contributed by atoms with E-state index in [2.05, 4.69) is 111 Å². The van der Waals surface area contributed by atoms with E-state index >= 15 is 0 Å². The van der Waals surface area contributed by atoms with Crippen molar-refractivity contribution in [1.82, 2.24) is 15.0 Å². The van der Waals surface area contributed by atoms with Crippen molar-refractivity contribution in [2.75, 3.05) is 0 Å². The second kappa shape index (κ2) is 10.1. The molecule has 0 spiro atoms. The average molecular weight is 592 g/mol. The van der Waals surface area contributed by atoms with Crippen LogP contribution in [0.1, 0.15) is 25.0 Å². The van der Waals surface area contributed by atoms with Crippen LogP contribution in [0.3, 0.4) is 0 Å². The van der Waals surface area contributed by atoms with E-state index in [0.29, 0.717) is 17.5 Å². The van der Waals surface area contributed by atoms with Crippen LogP contribution in [-0.4, -0.2) is 15.0 Å². The highest BCUT2D eigenvalue weighted by Crippen LogP contribution is 2.53. The number of aromatic nitrogens is 3. The van der Waals surface area contributed by atoms with E-state index in [1.807, 2.05) is 42.5 Å². The number of rotatable bonds is 4. The second-order valence-electron chi connectivity index (χ2n) is 12.4. The number of furan rings is 1. The van der Waals surface area contributed by atoms with Crippen molar-refractivity contribution in [1.29, 1.82) is 0 Å². The molecule has 2 heterocycles. The lowest BCUT2D eigenvalue weighted by Gasteiger charge is -2.21. The summed E-state index contributed by atoms with van der Waals surface area (Å²) in [6.45, 7) is 4.61. The number of hydrogen-bond donors (Lipinski definition) is 0. The molecule has 0 N–H and O–H groups in total. The number of benzene rings is 6. The van der Waals surface area contributed by atoms with Gasteiger partial charge in [0, 0.05) is 27.3 Å². The van der Waals surface area contributed by atoms with Gasteiger partial charge in [0.1, 0.15) is 11.2 Å². The molecular formula is C42H29N3O. The molecule has 0 saturated carbocycles. The van der Waals surface area contributed by atoms with Gasteiger partial charge in [-0.1, -0.05) is 141 Å². The molecule has 0 amide bonds. The molecule has 0 bridgehead atoms. The Labute approximate surface area is 267 Å². The third kappa shape index (κ3) is 3.97. The van der Waals surface area contributed by atoms with Crippen molar-refractivity contribution < 1.29 is 4.42 Å². The summed E-state index contributed by atoms with van der Waals surface area (Å²) >= 11 is 0. The maximum Gasteiger partial charge on any atom is 0.167 e. The van der Waals surface area contributed by atoms with E-state index in [4.69, 9.17) is 19.4 Å². The summed E-state index contributed by atoms with van der Waals surface area (Å²) in [6.07, 6.45) is 0. The second-order valence-corrected chi connectivity index (χ2v) is 12.4. The van der Waals surface area contributed by atoms with E-state index in [1.54, 1.807) is 0 Å². The van der Waals surface area contributed by atoms with E-state index in [9.17, 15) is 0 Å². The third-order valence-corrected chi connectivity index (χ3v) is 9.37. The van der Waals surface area contributed by atoms with Crippen molar-refractivity contribution in [2.24, 2.45) is 0 Å². The lowest BCUT2D eigenvalue weighted by molar-refractivity contribution is 0.657. The van der Waals surface area contributed by atoms with Gasteiger partial charge in [-0.05, 0) is 45.5 Å². The normalized spacial score (nSPS) is 13.2. The molecule has 4 heteroatoms. The fourth-order valence-corrected chi connectivity index (χ4v) is 7.14. The first-order valence-corrected chi connectivity index (χ1v) is 15.6. The lowest BCUT2D eigenvalue weighted by atomic mass is 9.82. The standard InChI is InChI=1S/C42H29N3O/c1-42(2)33-23-12-11-20-30(33)36-34(42)24-25-35-37(36)31-21-13-22-32(38(31)46-35)41-44-39(27-16-7-4-8-17-27)43-40(45-41)29-19-10-9-18-28(29)26-14-5-3-6-15-26/h3-25H,1-2H3. The van der Waals surface area contributed by atoms with Gasteiger partial charge in [-0.25, -0.2) is 15.0 Å². The molecule has 0 fully saturated rings. The van der Waals surface area contributed by atoms with Gasteiger partial charge in [0.25, 0.3) is 0 Å². The van der Waals surface area contributed by atoms with Crippen LogP contribution in [0.25, 0.3) is 78.4 Å². The quantitative estimate of drug-likeness (QED) is 0.204. The first-order chi connectivity index (χ1) is 22.6. The monoisotopic (exact) mass is 591 g/mol. The fraction of sp³-hybridized carbons (Fsp3) is 0.0714. The number of hydrogen-bond acceptors (Lipinski definition) is 4. The third-order valence-electron chi connectivity index (χ3n) is 9.37. The van der Waals surface area contributed by atoms with E-state index in [-0.39, 0.29) is 5.41 Å². The summed E-state index contributed by atoms with van der Waals surface area (Å²) in [5.74, 6) is 1.81. The molecule has 2 aromatic heterocycles. The number of fused-ring (bicyclic) bond motifs is 7. The zero-order valence-electron chi connectivity index (χ0n) is 25.5. The lowest BCUT2D eigenvalue weighted by Crippen LogP contribution is -2.14. The van der Waals surface area contributed by atoms with Gasteiger partial charge < -0.3 is 4.42 Å². The summed E-state index contributed by atoms with van der Waals surface area (Å²) in [5.41, 5.74) is 11.6. The van der Waals surface area contributed by atoms with Crippen LogP contribution in [0.5, 0.6) is 0 Å². The smallest absolute Gasteiger partial charge is 0.167 e. The minimum Gasteiger partial charge on any atom is -0.455 e. The van der Waals surface area contributed by atoms with E-state index in [0.717, 1.165) is 49.8 Å². The van der Waals surface area contributed by atoms with Gasteiger partial charge in [0.15, 0.2) is 17.5 Å². The molecule has 0 aliphatic heterocycles. The van der Waals surface area contributed by atoms with Gasteiger partial charge in [0.05, 0.1) is 5.56 Å². The van der Waals surface area contributed by atoms with Crippen LogP contribution < -0.4 is 0 Å². The maximum absolute atomic E-state index is 6.73. The van der Waals surface area contributed by atoms with Gasteiger partial charge in [-0.2, -0.15) is 0 Å². The molecule has 6 aromatic carbocycles. The van der Waals surface area contributed by atoms with E-state index in [1.165, 1.54) is 22.3 Å². The topological polar surface area (TPSA) is 51.8 Å². The van der Waals surface area contributed by atoms with Gasteiger partial charge in [-0.15, -0.1) is 0 Å². The molecule has 1 aliphatic rings. The Kier molecular flexibility index (Phi) is 5.81. The predicted octanol–water partition coefficient (Wildman–Crippen LogP) is 10.7. The summed E-state index contributed by atoms with van der Waals surface area (Å²) in [4.78, 5) is 15.3. The van der Waals surface area contributed by atoms with Crippen LogP contribution in [0, 0.1) is 0 Å². The van der Waals surface area contributed by atoms with Crippen LogP contribution in [-0.2, 0) is 5.41 Å². The van der Waals surface area contributed by atoms with Crippen molar-refractivity contribution >= 4 is 21.9 Å². The Balaban J connectivity index is 1.31. The van der Waals surface area contributed by atoms with Gasteiger partial charge in [0.2, 0.25) is 0 Å². The minimum absolute atomic E-state index is 0.0961. The molecule has 218 valence electrons. The molecule has 46 heavy (non-hydrogen) atoms. The molecule has 8 aromatic rings. The number of para-hydroxylation sites is 1. The Morgan fingerprint density at radius 2 is 1.04 bits per heavy atom.